The Morgan fingerprint density at radius 1 is 0.364 bits per heavy atom. The highest BCUT2D eigenvalue weighted by Crippen LogP contribution is 2.40. The number of hydrogen-bond acceptors (Lipinski definition) is 22. The van der Waals surface area contributed by atoms with E-state index < -0.39 is 12.1 Å². The second-order valence-corrected chi connectivity index (χ2v) is 29.2. The van der Waals surface area contributed by atoms with Crippen LogP contribution in [0.1, 0.15) is 40.3 Å². The SMILES string of the molecule is CCN1CCN(c2ccc(Nc3cc(N(C(=O)Nc4c(C)cccc4C)c4ccc(OC)cc4OC)ncn3)cc2)CC1.COc1ccc(N(C(=O)Nc2c(C)cccc2C)c2cc(Nc3ccc(N4CCN(C)CC4)cc3)ncn2)c(OC)c1.Cc1cccc(C)c1NC(=O)N(C)c1cc(Nc2ccc(N3CCN(C)CC3)cc2)ncn1. The minimum Gasteiger partial charge on any atom is -0.497 e. The van der Waals surface area contributed by atoms with Gasteiger partial charge in [0.1, 0.15) is 76.9 Å². The number of urea groups is 3. The highest BCUT2D eigenvalue weighted by atomic mass is 16.5. The summed E-state index contributed by atoms with van der Waals surface area (Å²) in [7, 11) is 12.3. The summed E-state index contributed by atoms with van der Waals surface area (Å²) < 4.78 is 22.1. The average Bonchev–Trinajstić information content (AvgIpc) is 0.788. The van der Waals surface area contributed by atoms with Crippen LogP contribution in [0.3, 0.4) is 0 Å². The van der Waals surface area contributed by atoms with Crippen LogP contribution in [-0.4, -0.2) is 197 Å². The second kappa shape index (κ2) is 39.8. The molecule has 11 aromatic rings. The van der Waals surface area contributed by atoms with Crippen molar-refractivity contribution in [2.24, 2.45) is 0 Å². The lowest BCUT2D eigenvalue weighted by molar-refractivity contribution is 0.257. The van der Waals surface area contributed by atoms with Crippen LogP contribution in [0.5, 0.6) is 23.0 Å². The maximum atomic E-state index is 14.0. The zero-order valence-electron chi connectivity index (χ0n) is 69.8. The lowest BCUT2D eigenvalue weighted by atomic mass is 10.1. The number of benzene rings is 8. The summed E-state index contributed by atoms with van der Waals surface area (Å²) in [5, 5.41) is 19.2. The highest BCUT2D eigenvalue weighted by molar-refractivity contribution is 6.09. The molecule has 0 atom stereocenters. The number of aromatic nitrogens is 6. The quantitative estimate of drug-likeness (QED) is 0.0368. The number of para-hydroxylation sites is 3. The molecule has 614 valence electrons. The molecule has 3 aromatic heterocycles. The van der Waals surface area contributed by atoms with Crippen LogP contribution in [0.2, 0.25) is 0 Å². The Kier molecular flexibility index (Phi) is 28.4. The standard InChI is InChI=1S/C33H39N7O3.C32H37N7O3.C25H31N7O/c1-6-38-16-18-39(19-17-38)26-12-10-25(11-13-26)36-30-21-31(35-22-34-30)40(28-15-14-27(42-4)20-29(28)43-5)33(41)37-32-23(2)8-7-9-24(32)3;1-22-7-6-8-23(2)31(22)36-32(40)39(27-14-13-26(41-4)19-28(27)42-5)30-20-29(33-21-34-30)35-24-9-11-25(12-10-24)38-17-15-37(3)16-18-38;1-18-6-5-7-19(2)24(18)29-25(33)31(4)23-16-22(26-17-27-23)28-20-8-10-21(11-9-20)32-14-12-30(3)13-15-32/h7-15,20-22H,6,16-19H2,1-5H3,(H,37,41)(H,34,35,36);6-14,19-21H,15-18H2,1-5H3,(H,36,40)(H,33,34,35);5-11,16-17H,12-15H2,1-4H3,(H,29,33)(H,26,27,28). The minimum atomic E-state index is -0.392. The molecular formula is C90H107N21O7. The van der Waals surface area contributed by atoms with Gasteiger partial charge in [0.2, 0.25) is 0 Å². The number of likely N-dealkylation sites (N-methyl/N-ethyl adjacent to an activating group) is 3. The number of hydrogen-bond donors (Lipinski definition) is 6. The third-order valence-electron chi connectivity index (χ3n) is 21.2. The van der Waals surface area contributed by atoms with Crippen LogP contribution in [0.25, 0.3) is 0 Å². The van der Waals surface area contributed by atoms with Crippen molar-refractivity contribution < 1.29 is 33.3 Å². The van der Waals surface area contributed by atoms with Gasteiger partial charge in [0.15, 0.2) is 0 Å². The molecule has 0 bridgehead atoms. The molecule has 8 aromatic carbocycles. The largest absolute Gasteiger partial charge is 0.497 e. The number of ether oxygens (including phenoxy) is 4. The van der Waals surface area contributed by atoms with Gasteiger partial charge in [-0.2, -0.15) is 0 Å². The van der Waals surface area contributed by atoms with E-state index in [0.29, 0.717) is 69.3 Å². The predicted octanol–water partition coefficient (Wildman–Crippen LogP) is 16.6. The van der Waals surface area contributed by atoms with E-state index in [1.165, 1.54) is 50.7 Å². The fourth-order valence-electron chi connectivity index (χ4n) is 14.1. The first-order valence-corrected chi connectivity index (χ1v) is 39.5. The van der Waals surface area contributed by atoms with Crippen LogP contribution in [0.4, 0.5) is 112 Å². The Bertz CT molecular complexity index is 5150. The van der Waals surface area contributed by atoms with Crippen molar-refractivity contribution in [1.29, 1.82) is 0 Å². The monoisotopic (exact) mass is 1590 g/mol. The number of piperazine rings is 3. The third kappa shape index (κ3) is 21.4. The molecule has 6 amide bonds. The Morgan fingerprint density at radius 2 is 0.669 bits per heavy atom. The van der Waals surface area contributed by atoms with Crippen molar-refractivity contribution in [2.75, 3.05) is 196 Å². The van der Waals surface area contributed by atoms with Crippen LogP contribution in [0.15, 0.2) is 201 Å². The van der Waals surface area contributed by atoms with Gasteiger partial charge in [-0.05, 0) is 193 Å². The van der Waals surface area contributed by atoms with Gasteiger partial charge in [-0.1, -0.05) is 61.5 Å². The predicted molar refractivity (Wildman–Crippen MR) is 476 cm³/mol. The Morgan fingerprint density at radius 3 is 0.983 bits per heavy atom. The van der Waals surface area contributed by atoms with E-state index in [9.17, 15) is 14.4 Å². The first kappa shape index (κ1) is 84.1. The van der Waals surface area contributed by atoms with E-state index in [1.54, 1.807) is 90.1 Å². The fraction of sp³-hybridized carbons (Fsp3) is 0.300. The van der Waals surface area contributed by atoms with E-state index in [1.807, 2.05) is 133 Å². The van der Waals surface area contributed by atoms with Crippen LogP contribution in [-0.2, 0) is 0 Å². The van der Waals surface area contributed by atoms with Gasteiger partial charge >= 0.3 is 18.1 Å². The molecule has 3 saturated heterocycles. The maximum absolute atomic E-state index is 14.0. The molecule has 14 rings (SSSR count). The first-order chi connectivity index (χ1) is 57.1. The molecule has 6 N–H and O–H groups in total. The minimum absolute atomic E-state index is 0.256. The fourth-order valence-corrected chi connectivity index (χ4v) is 14.1. The molecule has 0 radical (unpaired) electrons. The van der Waals surface area contributed by atoms with E-state index in [2.05, 4.69) is 149 Å². The van der Waals surface area contributed by atoms with Gasteiger partial charge in [0, 0.05) is 167 Å². The van der Waals surface area contributed by atoms with Crippen LogP contribution in [0, 0.1) is 41.5 Å². The molecule has 0 saturated carbocycles. The summed E-state index contributed by atoms with van der Waals surface area (Å²) in [6, 6.07) is 57.5. The smallest absolute Gasteiger partial charge is 0.332 e. The van der Waals surface area contributed by atoms with Crippen molar-refractivity contribution >= 4 is 116 Å². The summed E-state index contributed by atoms with van der Waals surface area (Å²) >= 11 is 0. The van der Waals surface area contributed by atoms with Gasteiger partial charge in [0.25, 0.3) is 0 Å². The van der Waals surface area contributed by atoms with Gasteiger partial charge in [0.05, 0.1) is 39.8 Å². The number of nitrogens with one attached hydrogen (secondary N) is 6. The number of rotatable bonds is 22. The molecule has 0 spiro atoms. The Labute approximate surface area is 691 Å². The van der Waals surface area contributed by atoms with Crippen molar-refractivity contribution in [1.82, 2.24) is 44.6 Å². The zero-order chi connectivity index (χ0) is 83.4. The van der Waals surface area contributed by atoms with Crippen molar-refractivity contribution in [3.05, 3.63) is 234 Å². The Balaban J connectivity index is 0.000000164. The summed E-state index contributed by atoms with van der Waals surface area (Å²) in [5.41, 5.74) is 15.5. The lowest BCUT2D eigenvalue weighted by Gasteiger charge is -2.35. The van der Waals surface area contributed by atoms with E-state index >= 15 is 0 Å². The topological polar surface area (TPSA) is 267 Å². The van der Waals surface area contributed by atoms with Crippen molar-refractivity contribution in [2.45, 2.75) is 48.5 Å². The van der Waals surface area contributed by atoms with Gasteiger partial charge in [-0.15, -0.1) is 0 Å². The number of carbonyl (C=O) groups is 3. The van der Waals surface area contributed by atoms with Crippen molar-refractivity contribution in [3.8, 4) is 23.0 Å². The second-order valence-electron chi connectivity index (χ2n) is 29.2. The van der Waals surface area contributed by atoms with E-state index in [4.69, 9.17) is 18.9 Å². The van der Waals surface area contributed by atoms with E-state index in [0.717, 1.165) is 153 Å². The molecule has 28 nitrogen and oxygen atoms in total. The van der Waals surface area contributed by atoms with Gasteiger partial charge < -0.3 is 80.2 Å². The summed E-state index contributed by atoms with van der Waals surface area (Å²) in [5.74, 6) is 5.09. The summed E-state index contributed by atoms with van der Waals surface area (Å²) in [6.07, 6.45) is 4.33. The molecule has 3 aliphatic heterocycles. The summed E-state index contributed by atoms with van der Waals surface area (Å²) in [4.78, 5) is 86.0. The molecular weight excluding hydrogens is 1490 g/mol. The molecule has 6 heterocycles. The van der Waals surface area contributed by atoms with Gasteiger partial charge in [-0.3, -0.25) is 4.90 Å². The summed E-state index contributed by atoms with van der Waals surface area (Å²) in [6.45, 7) is 27.6. The number of anilines is 17. The van der Waals surface area contributed by atoms with Gasteiger partial charge in [-0.25, -0.2) is 54.1 Å². The molecule has 118 heavy (non-hydrogen) atoms. The number of amides is 6. The van der Waals surface area contributed by atoms with Crippen molar-refractivity contribution in [3.63, 3.8) is 0 Å². The lowest BCUT2D eigenvalue weighted by Crippen LogP contribution is -2.46. The maximum Gasteiger partial charge on any atom is 0.332 e. The first-order valence-electron chi connectivity index (χ1n) is 39.5. The Hall–Kier alpha value is -13.3. The zero-order valence-corrected chi connectivity index (χ0v) is 69.8. The average molecular weight is 1590 g/mol. The van der Waals surface area contributed by atoms with Crippen LogP contribution < -0.4 is 80.2 Å². The third-order valence-corrected chi connectivity index (χ3v) is 21.2. The number of carbonyl (C=O) groups excluding carboxylic acids is 3. The number of aryl methyl sites for hydroxylation is 6. The molecule has 3 fully saturated rings. The molecule has 0 aliphatic carbocycles. The van der Waals surface area contributed by atoms with E-state index in [-0.39, 0.29) is 6.03 Å². The number of methoxy groups -OCH3 is 4. The molecule has 3 aliphatic rings. The number of nitrogens with zero attached hydrogens (tertiary/aromatic N) is 15. The normalized spacial score (nSPS) is 13.6. The highest BCUT2D eigenvalue weighted by Gasteiger charge is 2.29. The molecule has 0 unspecified atom stereocenters. The molecule has 28 heteroatoms. The van der Waals surface area contributed by atoms with Crippen LogP contribution >= 0.6 is 0 Å².